The lowest BCUT2D eigenvalue weighted by atomic mass is 10.2. The Morgan fingerprint density at radius 1 is 1.00 bits per heavy atom. The van der Waals surface area contributed by atoms with Crippen LogP contribution in [0.4, 0.5) is 17.5 Å². The highest BCUT2D eigenvalue weighted by Gasteiger charge is 2.00. The Balaban J connectivity index is 1.95. The van der Waals surface area contributed by atoms with Gasteiger partial charge >= 0.3 is 0 Å². The monoisotopic (exact) mass is 237 g/mol. The Labute approximate surface area is 104 Å². The molecule has 0 aliphatic rings. The van der Waals surface area contributed by atoms with Crippen LogP contribution in [0.3, 0.4) is 0 Å². The minimum Gasteiger partial charge on any atom is -0.384 e. The topological polar surface area (TPSA) is 76.7 Å². The molecule has 0 unspecified atom stereocenters. The second-order valence-corrected chi connectivity index (χ2v) is 3.84. The standard InChI is InChI=1S/C13H11N5/c14-12-5-7-16-13(18-12)17-10-3-4-11-9(8-10)2-1-6-15-11/h1-8H,(H3,14,16,17,18). The van der Waals surface area contributed by atoms with E-state index < -0.39 is 0 Å². The number of anilines is 3. The van der Waals surface area contributed by atoms with E-state index >= 15 is 0 Å². The maximum Gasteiger partial charge on any atom is 0.229 e. The molecule has 2 heterocycles. The molecular formula is C13H11N5. The number of aromatic nitrogens is 3. The smallest absolute Gasteiger partial charge is 0.229 e. The number of hydrogen-bond donors (Lipinski definition) is 2. The lowest BCUT2D eigenvalue weighted by Crippen LogP contribution is -1.99. The molecule has 3 N–H and O–H groups in total. The van der Waals surface area contributed by atoms with Crippen molar-refractivity contribution in [2.45, 2.75) is 0 Å². The van der Waals surface area contributed by atoms with Crippen molar-refractivity contribution in [1.82, 2.24) is 15.0 Å². The van der Waals surface area contributed by atoms with Crippen LogP contribution in [0.2, 0.25) is 0 Å². The number of nitrogens with two attached hydrogens (primary N) is 1. The normalized spacial score (nSPS) is 10.4. The lowest BCUT2D eigenvalue weighted by Gasteiger charge is -2.05. The summed E-state index contributed by atoms with van der Waals surface area (Å²) in [6.07, 6.45) is 3.39. The van der Waals surface area contributed by atoms with Crippen molar-refractivity contribution in [3.63, 3.8) is 0 Å². The van der Waals surface area contributed by atoms with Gasteiger partial charge in [0.2, 0.25) is 5.95 Å². The van der Waals surface area contributed by atoms with E-state index in [9.17, 15) is 0 Å². The summed E-state index contributed by atoms with van der Waals surface area (Å²) in [5.41, 5.74) is 7.46. The molecule has 5 heteroatoms. The van der Waals surface area contributed by atoms with Gasteiger partial charge in [-0.25, -0.2) is 4.98 Å². The molecule has 2 aromatic heterocycles. The average molecular weight is 237 g/mol. The van der Waals surface area contributed by atoms with Gasteiger partial charge in [-0.05, 0) is 30.3 Å². The number of hydrogen-bond acceptors (Lipinski definition) is 5. The first-order valence-corrected chi connectivity index (χ1v) is 5.51. The fourth-order valence-electron chi connectivity index (χ4n) is 1.72. The number of fused-ring (bicyclic) bond motifs is 1. The highest BCUT2D eigenvalue weighted by atomic mass is 15.1. The number of benzene rings is 1. The molecule has 0 saturated carbocycles. The highest BCUT2D eigenvalue weighted by Crippen LogP contribution is 2.19. The maximum absolute atomic E-state index is 5.60. The van der Waals surface area contributed by atoms with Crippen molar-refractivity contribution in [2.24, 2.45) is 0 Å². The van der Waals surface area contributed by atoms with Crippen LogP contribution in [0.15, 0.2) is 48.8 Å². The Morgan fingerprint density at radius 3 is 2.83 bits per heavy atom. The van der Waals surface area contributed by atoms with Crippen molar-refractivity contribution < 1.29 is 0 Å². The summed E-state index contributed by atoms with van der Waals surface area (Å²) in [4.78, 5) is 12.4. The third-order valence-corrected chi connectivity index (χ3v) is 2.54. The molecule has 0 spiro atoms. The largest absolute Gasteiger partial charge is 0.384 e. The zero-order valence-corrected chi connectivity index (χ0v) is 9.54. The summed E-state index contributed by atoms with van der Waals surface area (Å²) in [5, 5.41) is 4.17. The van der Waals surface area contributed by atoms with Gasteiger partial charge in [0, 0.05) is 23.5 Å². The fraction of sp³-hybridized carbons (Fsp3) is 0. The van der Waals surface area contributed by atoms with Crippen molar-refractivity contribution in [3.8, 4) is 0 Å². The molecule has 0 amide bonds. The van der Waals surface area contributed by atoms with Crippen molar-refractivity contribution in [1.29, 1.82) is 0 Å². The van der Waals surface area contributed by atoms with Gasteiger partial charge < -0.3 is 11.1 Å². The summed E-state index contributed by atoms with van der Waals surface area (Å²) >= 11 is 0. The molecule has 0 fully saturated rings. The van der Waals surface area contributed by atoms with E-state index in [1.807, 2.05) is 30.3 Å². The first-order valence-electron chi connectivity index (χ1n) is 5.51. The van der Waals surface area contributed by atoms with Crippen LogP contribution < -0.4 is 11.1 Å². The van der Waals surface area contributed by atoms with E-state index in [0.717, 1.165) is 16.6 Å². The first kappa shape index (κ1) is 10.5. The van der Waals surface area contributed by atoms with Gasteiger partial charge in [-0.1, -0.05) is 6.07 Å². The summed E-state index contributed by atoms with van der Waals surface area (Å²) in [6.45, 7) is 0. The Kier molecular flexibility index (Phi) is 2.49. The quantitative estimate of drug-likeness (QED) is 0.715. The highest BCUT2D eigenvalue weighted by molar-refractivity contribution is 5.82. The van der Waals surface area contributed by atoms with Crippen molar-refractivity contribution >= 4 is 28.4 Å². The second kappa shape index (κ2) is 4.29. The Bertz CT molecular complexity index is 696. The zero-order chi connectivity index (χ0) is 12.4. The summed E-state index contributed by atoms with van der Waals surface area (Å²) in [7, 11) is 0. The predicted molar refractivity (Wildman–Crippen MR) is 71.5 cm³/mol. The molecule has 1 aromatic carbocycles. The number of rotatable bonds is 2. The van der Waals surface area contributed by atoms with Crippen LogP contribution in [-0.2, 0) is 0 Å². The minimum absolute atomic E-state index is 0.440. The number of pyridine rings is 1. The van der Waals surface area contributed by atoms with Crippen LogP contribution in [0, 0.1) is 0 Å². The van der Waals surface area contributed by atoms with E-state index in [1.54, 1.807) is 18.5 Å². The van der Waals surface area contributed by atoms with E-state index in [1.165, 1.54) is 0 Å². The fourth-order valence-corrected chi connectivity index (χ4v) is 1.72. The van der Waals surface area contributed by atoms with Crippen LogP contribution in [-0.4, -0.2) is 15.0 Å². The van der Waals surface area contributed by atoms with E-state index in [0.29, 0.717) is 11.8 Å². The van der Waals surface area contributed by atoms with Crippen molar-refractivity contribution in [2.75, 3.05) is 11.1 Å². The van der Waals surface area contributed by atoms with E-state index in [2.05, 4.69) is 20.3 Å². The van der Waals surface area contributed by atoms with E-state index in [4.69, 9.17) is 5.73 Å². The molecule has 18 heavy (non-hydrogen) atoms. The SMILES string of the molecule is Nc1ccnc(Nc2ccc3ncccc3c2)n1. The molecule has 3 rings (SSSR count). The molecular weight excluding hydrogens is 226 g/mol. The number of nitrogens with zero attached hydrogens (tertiary/aromatic N) is 3. The van der Waals surface area contributed by atoms with Gasteiger partial charge in [0.1, 0.15) is 5.82 Å². The van der Waals surface area contributed by atoms with Gasteiger partial charge in [0.15, 0.2) is 0 Å². The molecule has 88 valence electrons. The lowest BCUT2D eigenvalue weighted by molar-refractivity contribution is 1.17. The maximum atomic E-state index is 5.60. The zero-order valence-electron chi connectivity index (χ0n) is 9.54. The molecule has 0 aliphatic heterocycles. The van der Waals surface area contributed by atoms with E-state index in [-0.39, 0.29) is 0 Å². The van der Waals surface area contributed by atoms with Crippen LogP contribution in [0.1, 0.15) is 0 Å². The predicted octanol–water partition coefficient (Wildman–Crippen LogP) is 2.35. The number of nitrogens with one attached hydrogen (secondary N) is 1. The minimum atomic E-state index is 0.440. The molecule has 5 nitrogen and oxygen atoms in total. The molecule has 0 atom stereocenters. The summed E-state index contributed by atoms with van der Waals surface area (Å²) in [5.74, 6) is 0.924. The van der Waals surface area contributed by atoms with Crippen LogP contribution in [0.5, 0.6) is 0 Å². The molecule has 0 bridgehead atoms. The van der Waals surface area contributed by atoms with Gasteiger partial charge in [-0.15, -0.1) is 0 Å². The Hall–Kier alpha value is -2.69. The number of nitrogen functional groups attached to an aromatic ring is 1. The molecule has 0 saturated heterocycles. The van der Waals surface area contributed by atoms with Crippen molar-refractivity contribution in [3.05, 3.63) is 48.8 Å². The Morgan fingerprint density at radius 2 is 1.94 bits per heavy atom. The van der Waals surface area contributed by atoms with Crippen LogP contribution >= 0.6 is 0 Å². The van der Waals surface area contributed by atoms with Gasteiger partial charge in [0.05, 0.1) is 5.52 Å². The van der Waals surface area contributed by atoms with Gasteiger partial charge in [0.25, 0.3) is 0 Å². The second-order valence-electron chi connectivity index (χ2n) is 3.84. The summed E-state index contributed by atoms with van der Waals surface area (Å²) in [6, 6.07) is 11.4. The third kappa shape index (κ3) is 2.06. The molecule has 0 aliphatic carbocycles. The molecule has 3 aromatic rings. The molecule has 0 radical (unpaired) electrons. The average Bonchev–Trinajstić information content (AvgIpc) is 2.39. The van der Waals surface area contributed by atoms with Gasteiger partial charge in [-0.2, -0.15) is 4.98 Å². The summed E-state index contributed by atoms with van der Waals surface area (Å²) < 4.78 is 0. The van der Waals surface area contributed by atoms with Crippen LogP contribution in [0.25, 0.3) is 10.9 Å². The third-order valence-electron chi connectivity index (χ3n) is 2.54. The first-order chi connectivity index (χ1) is 8.81. The van der Waals surface area contributed by atoms with Gasteiger partial charge in [-0.3, -0.25) is 4.98 Å².